The first kappa shape index (κ1) is 17.8. The van der Waals surface area contributed by atoms with Crippen LogP contribution in [0.15, 0.2) is 48.5 Å². The van der Waals surface area contributed by atoms with Gasteiger partial charge in [-0.2, -0.15) is 0 Å². The van der Waals surface area contributed by atoms with E-state index in [-0.39, 0.29) is 17.0 Å². The van der Waals surface area contributed by atoms with Gasteiger partial charge in [0.05, 0.1) is 11.1 Å². The Morgan fingerprint density at radius 2 is 1.58 bits per heavy atom. The Morgan fingerprint density at radius 3 is 2.19 bits per heavy atom. The summed E-state index contributed by atoms with van der Waals surface area (Å²) in [5.74, 6) is -1.29. The lowest BCUT2D eigenvalue weighted by Gasteiger charge is -2.36. The van der Waals surface area contributed by atoms with Crippen molar-refractivity contribution in [2.45, 2.75) is 0 Å². The highest BCUT2D eigenvalue weighted by atomic mass is 16.4. The number of benzene rings is 2. The van der Waals surface area contributed by atoms with E-state index >= 15 is 0 Å². The number of carbonyl (C=O) groups excluding carboxylic acids is 1. The summed E-state index contributed by atoms with van der Waals surface area (Å²) in [7, 11) is 4.02. The molecule has 1 heterocycles. The molecule has 0 aliphatic carbocycles. The molecule has 6 heteroatoms. The van der Waals surface area contributed by atoms with Gasteiger partial charge in [0.2, 0.25) is 0 Å². The minimum atomic E-state index is -1.08. The Balaban J connectivity index is 1.70. The first-order valence-electron chi connectivity index (χ1n) is 8.61. The molecule has 0 aromatic heterocycles. The molecule has 0 saturated carbocycles. The minimum absolute atomic E-state index is 0.0543. The van der Waals surface area contributed by atoms with E-state index < -0.39 is 5.97 Å². The highest BCUT2D eigenvalue weighted by Gasteiger charge is 2.25. The molecular weight excluding hydrogens is 330 g/mol. The summed E-state index contributed by atoms with van der Waals surface area (Å²) in [6.07, 6.45) is 0. The van der Waals surface area contributed by atoms with Gasteiger partial charge in [-0.3, -0.25) is 4.79 Å². The number of carboxylic acid groups (broad SMARTS) is 1. The summed E-state index contributed by atoms with van der Waals surface area (Å²) >= 11 is 0. The van der Waals surface area contributed by atoms with Crippen LogP contribution >= 0.6 is 0 Å². The Bertz CT molecular complexity index is 811. The monoisotopic (exact) mass is 353 g/mol. The number of carboxylic acids is 1. The maximum absolute atomic E-state index is 12.7. The molecule has 0 unspecified atom stereocenters. The molecule has 3 rings (SSSR count). The molecule has 1 N–H and O–H groups in total. The highest BCUT2D eigenvalue weighted by Crippen LogP contribution is 2.23. The van der Waals surface area contributed by atoms with E-state index in [1.165, 1.54) is 6.07 Å². The van der Waals surface area contributed by atoms with Crippen LogP contribution in [-0.2, 0) is 0 Å². The van der Waals surface area contributed by atoms with Crippen molar-refractivity contribution >= 4 is 23.3 Å². The topological polar surface area (TPSA) is 64.1 Å². The van der Waals surface area contributed by atoms with Crippen LogP contribution in [0, 0.1) is 0 Å². The summed E-state index contributed by atoms with van der Waals surface area (Å²) in [6, 6.07) is 14.7. The van der Waals surface area contributed by atoms with E-state index in [1.54, 1.807) is 23.1 Å². The van der Waals surface area contributed by atoms with Crippen LogP contribution in [-0.4, -0.2) is 62.2 Å². The molecule has 6 nitrogen and oxygen atoms in total. The normalized spacial score (nSPS) is 14.2. The molecule has 2 aromatic rings. The summed E-state index contributed by atoms with van der Waals surface area (Å²) in [4.78, 5) is 30.1. The number of nitrogens with zero attached hydrogens (tertiary/aromatic N) is 3. The zero-order valence-electron chi connectivity index (χ0n) is 15.1. The SMILES string of the molecule is CN(C)c1cccc(N2CCN(C(=O)c3ccccc3C(=O)O)CC2)c1. The smallest absolute Gasteiger partial charge is 0.336 e. The van der Waals surface area contributed by atoms with E-state index in [0.29, 0.717) is 13.1 Å². The van der Waals surface area contributed by atoms with Crippen LogP contribution < -0.4 is 9.80 Å². The first-order chi connectivity index (χ1) is 12.5. The summed E-state index contributed by atoms with van der Waals surface area (Å²) < 4.78 is 0. The summed E-state index contributed by atoms with van der Waals surface area (Å²) in [6.45, 7) is 2.58. The van der Waals surface area contributed by atoms with Gasteiger partial charge in [-0.15, -0.1) is 0 Å². The highest BCUT2D eigenvalue weighted by molar-refractivity contribution is 6.04. The Hall–Kier alpha value is -3.02. The number of amides is 1. The fourth-order valence-corrected chi connectivity index (χ4v) is 3.16. The summed E-state index contributed by atoms with van der Waals surface area (Å²) in [5, 5.41) is 9.29. The van der Waals surface area contributed by atoms with Crippen LogP contribution in [0.25, 0.3) is 0 Å². The Kier molecular flexibility index (Phi) is 5.11. The minimum Gasteiger partial charge on any atom is -0.478 e. The number of hydrogen-bond donors (Lipinski definition) is 1. The van der Waals surface area contributed by atoms with Crippen LogP contribution in [0.4, 0.5) is 11.4 Å². The first-order valence-corrected chi connectivity index (χ1v) is 8.61. The number of piperazine rings is 1. The zero-order valence-corrected chi connectivity index (χ0v) is 15.1. The second-order valence-electron chi connectivity index (χ2n) is 6.54. The van der Waals surface area contributed by atoms with Crippen LogP contribution in [0.3, 0.4) is 0 Å². The number of rotatable bonds is 4. The van der Waals surface area contributed by atoms with Gasteiger partial charge in [-0.05, 0) is 30.3 Å². The molecule has 1 amide bonds. The summed E-state index contributed by atoms with van der Waals surface area (Å²) in [5.41, 5.74) is 2.58. The van der Waals surface area contributed by atoms with Gasteiger partial charge in [0.25, 0.3) is 5.91 Å². The van der Waals surface area contributed by atoms with E-state index in [9.17, 15) is 14.7 Å². The number of hydrogen-bond acceptors (Lipinski definition) is 4. The van der Waals surface area contributed by atoms with Gasteiger partial charge in [0, 0.05) is 51.6 Å². The lowest BCUT2D eigenvalue weighted by Crippen LogP contribution is -2.49. The number of anilines is 2. The molecule has 0 bridgehead atoms. The average Bonchev–Trinajstić information content (AvgIpc) is 2.67. The molecule has 0 spiro atoms. The number of carbonyl (C=O) groups is 2. The van der Waals surface area contributed by atoms with Crippen LogP contribution in [0.5, 0.6) is 0 Å². The standard InChI is InChI=1S/C20H23N3O3/c1-21(2)15-6-5-7-16(14-15)22-10-12-23(13-11-22)19(24)17-8-3-4-9-18(17)20(25)26/h3-9,14H,10-13H2,1-2H3,(H,25,26). The van der Waals surface area contributed by atoms with Gasteiger partial charge in [-0.25, -0.2) is 4.79 Å². The fraction of sp³-hybridized carbons (Fsp3) is 0.300. The second-order valence-corrected chi connectivity index (χ2v) is 6.54. The van der Waals surface area contributed by atoms with Crippen molar-refractivity contribution < 1.29 is 14.7 Å². The molecule has 1 fully saturated rings. The zero-order chi connectivity index (χ0) is 18.7. The Labute approximate surface area is 153 Å². The van der Waals surface area contributed by atoms with Crippen molar-refractivity contribution in [3.8, 4) is 0 Å². The third-order valence-corrected chi connectivity index (χ3v) is 4.67. The average molecular weight is 353 g/mol. The third-order valence-electron chi connectivity index (χ3n) is 4.67. The molecule has 26 heavy (non-hydrogen) atoms. The molecule has 1 aliphatic heterocycles. The molecule has 0 radical (unpaired) electrons. The Morgan fingerprint density at radius 1 is 0.923 bits per heavy atom. The fourth-order valence-electron chi connectivity index (χ4n) is 3.16. The quantitative estimate of drug-likeness (QED) is 0.914. The van der Waals surface area contributed by atoms with Gasteiger partial charge in [-0.1, -0.05) is 18.2 Å². The van der Waals surface area contributed by atoms with Crippen molar-refractivity contribution in [2.75, 3.05) is 50.1 Å². The van der Waals surface area contributed by atoms with Gasteiger partial charge in [0.15, 0.2) is 0 Å². The van der Waals surface area contributed by atoms with E-state index in [0.717, 1.165) is 24.5 Å². The van der Waals surface area contributed by atoms with Gasteiger partial charge < -0.3 is 19.8 Å². The van der Waals surface area contributed by atoms with Crippen LogP contribution in [0.1, 0.15) is 20.7 Å². The predicted molar refractivity (Wildman–Crippen MR) is 102 cm³/mol. The van der Waals surface area contributed by atoms with E-state index in [4.69, 9.17) is 0 Å². The van der Waals surface area contributed by atoms with Crippen molar-refractivity contribution in [1.82, 2.24) is 4.90 Å². The maximum atomic E-state index is 12.7. The molecule has 1 saturated heterocycles. The maximum Gasteiger partial charge on any atom is 0.336 e. The lowest BCUT2D eigenvalue weighted by molar-refractivity contribution is 0.0673. The largest absolute Gasteiger partial charge is 0.478 e. The van der Waals surface area contributed by atoms with Crippen LogP contribution in [0.2, 0.25) is 0 Å². The molecule has 0 atom stereocenters. The van der Waals surface area contributed by atoms with Gasteiger partial charge in [0.1, 0.15) is 0 Å². The van der Waals surface area contributed by atoms with Crippen molar-refractivity contribution in [1.29, 1.82) is 0 Å². The molecule has 2 aromatic carbocycles. The molecule has 1 aliphatic rings. The van der Waals surface area contributed by atoms with Gasteiger partial charge >= 0.3 is 5.97 Å². The van der Waals surface area contributed by atoms with Crippen molar-refractivity contribution in [3.05, 3.63) is 59.7 Å². The lowest BCUT2D eigenvalue weighted by atomic mass is 10.1. The molecule has 136 valence electrons. The second kappa shape index (κ2) is 7.47. The van der Waals surface area contributed by atoms with E-state index in [2.05, 4.69) is 28.0 Å². The third kappa shape index (κ3) is 3.64. The van der Waals surface area contributed by atoms with Crippen molar-refractivity contribution in [3.63, 3.8) is 0 Å². The van der Waals surface area contributed by atoms with E-state index in [1.807, 2.05) is 20.2 Å². The predicted octanol–water partition coefficient (Wildman–Crippen LogP) is 2.41. The van der Waals surface area contributed by atoms with Crippen molar-refractivity contribution in [2.24, 2.45) is 0 Å². The number of aromatic carboxylic acids is 1. The molecular formula is C20H23N3O3.